The van der Waals surface area contributed by atoms with Crippen molar-refractivity contribution in [3.8, 4) is 11.4 Å². The summed E-state index contributed by atoms with van der Waals surface area (Å²) in [4.78, 5) is 37.2. The van der Waals surface area contributed by atoms with Gasteiger partial charge >= 0.3 is 0 Å². The van der Waals surface area contributed by atoms with Crippen LogP contribution in [0, 0.1) is 6.92 Å². The molecule has 9 heteroatoms. The average Bonchev–Trinajstić information content (AvgIpc) is 3.33. The lowest BCUT2D eigenvalue weighted by Gasteiger charge is -2.35. The van der Waals surface area contributed by atoms with Crippen LogP contribution in [0.3, 0.4) is 0 Å². The van der Waals surface area contributed by atoms with E-state index in [0.717, 1.165) is 36.6 Å². The van der Waals surface area contributed by atoms with E-state index < -0.39 is 0 Å². The molecule has 1 aliphatic heterocycles. The Bertz CT molecular complexity index is 1420. The number of carbonyl (C=O) groups is 1. The Kier molecular flexibility index (Phi) is 6.81. The molecule has 0 radical (unpaired) electrons. The van der Waals surface area contributed by atoms with Crippen molar-refractivity contribution in [3.05, 3.63) is 82.0 Å². The summed E-state index contributed by atoms with van der Waals surface area (Å²) >= 11 is 0. The number of rotatable bonds is 7. The standard InChI is InChI=1S/C27H30N6O3/c1-19-8-9-23(36-2)20(16-19)18-31-12-14-32(15-13-31)25(34)11-10-24-29-26-22(27(35)30-24)17-28-33(26)21-6-4-3-5-7-21/h3-9,16-17H,10-15,18H2,1-2H3,(H,29,30,35). The maximum absolute atomic E-state index is 12.9. The van der Waals surface area contributed by atoms with Crippen molar-refractivity contribution in [1.29, 1.82) is 0 Å². The van der Waals surface area contributed by atoms with Gasteiger partial charge in [-0.3, -0.25) is 14.5 Å². The third-order valence-corrected chi connectivity index (χ3v) is 6.62. The third-order valence-electron chi connectivity index (χ3n) is 6.62. The fraction of sp³-hybridized carbons (Fsp3) is 0.333. The van der Waals surface area contributed by atoms with Crippen molar-refractivity contribution in [1.82, 2.24) is 29.5 Å². The van der Waals surface area contributed by atoms with Crippen molar-refractivity contribution in [3.63, 3.8) is 0 Å². The number of aromatic amines is 1. The van der Waals surface area contributed by atoms with Crippen LogP contribution in [0.1, 0.15) is 23.4 Å². The predicted octanol–water partition coefficient (Wildman–Crippen LogP) is 2.70. The van der Waals surface area contributed by atoms with E-state index in [1.807, 2.05) is 47.4 Å². The van der Waals surface area contributed by atoms with Crippen molar-refractivity contribution >= 4 is 16.9 Å². The SMILES string of the molecule is COc1ccc(C)cc1CN1CCN(C(=O)CCc2nc3c(cnn3-c3ccccc3)c(=O)[nH]2)CC1. The number of ether oxygens (including phenoxy) is 1. The van der Waals surface area contributed by atoms with Crippen LogP contribution in [0.25, 0.3) is 16.7 Å². The number of amides is 1. The zero-order valence-corrected chi connectivity index (χ0v) is 20.6. The normalized spacial score (nSPS) is 14.3. The lowest BCUT2D eigenvalue weighted by molar-refractivity contribution is -0.133. The highest BCUT2D eigenvalue weighted by molar-refractivity contribution is 5.77. The maximum Gasteiger partial charge on any atom is 0.262 e. The molecule has 1 fully saturated rings. The summed E-state index contributed by atoms with van der Waals surface area (Å²) in [6, 6.07) is 15.8. The van der Waals surface area contributed by atoms with E-state index >= 15 is 0 Å². The first-order chi connectivity index (χ1) is 17.5. The van der Waals surface area contributed by atoms with Gasteiger partial charge in [0.1, 0.15) is 17.0 Å². The lowest BCUT2D eigenvalue weighted by Crippen LogP contribution is -2.48. The van der Waals surface area contributed by atoms with Crippen LogP contribution < -0.4 is 10.3 Å². The molecule has 1 saturated heterocycles. The minimum Gasteiger partial charge on any atom is -0.496 e. The highest BCUT2D eigenvalue weighted by Gasteiger charge is 2.22. The van der Waals surface area contributed by atoms with Gasteiger partial charge in [-0.25, -0.2) is 9.67 Å². The van der Waals surface area contributed by atoms with Gasteiger partial charge in [-0.1, -0.05) is 35.9 Å². The fourth-order valence-corrected chi connectivity index (χ4v) is 4.65. The number of fused-ring (bicyclic) bond motifs is 1. The number of aryl methyl sites for hydroxylation is 2. The van der Waals surface area contributed by atoms with Crippen molar-refractivity contribution in [2.24, 2.45) is 0 Å². The Morgan fingerprint density at radius 1 is 1.08 bits per heavy atom. The number of methoxy groups -OCH3 is 1. The van der Waals surface area contributed by atoms with Crippen molar-refractivity contribution in [2.75, 3.05) is 33.3 Å². The Morgan fingerprint density at radius 2 is 1.86 bits per heavy atom. The molecule has 0 aliphatic carbocycles. The Morgan fingerprint density at radius 3 is 2.61 bits per heavy atom. The van der Waals surface area contributed by atoms with Crippen LogP contribution in [-0.4, -0.2) is 68.7 Å². The number of piperazine rings is 1. The number of nitrogens with zero attached hydrogens (tertiary/aromatic N) is 5. The molecule has 1 aliphatic rings. The minimum absolute atomic E-state index is 0.0714. The molecular formula is C27H30N6O3. The van der Waals surface area contributed by atoms with Gasteiger partial charge in [-0.15, -0.1) is 0 Å². The summed E-state index contributed by atoms with van der Waals surface area (Å²) in [5.74, 6) is 1.46. The number of benzene rings is 2. The average molecular weight is 487 g/mol. The van der Waals surface area contributed by atoms with Crippen LogP contribution in [-0.2, 0) is 17.8 Å². The Labute approximate surface area is 209 Å². The van der Waals surface area contributed by atoms with Crippen LogP contribution in [0.15, 0.2) is 59.5 Å². The van der Waals surface area contributed by atoms with E-state index in [9.17, 15) is 9.59 Å². The molecule has 0 spiro atoms. The highest BCUT2D eigenvalue weighted by Crippen LogP contribution is 2.22. The van der Waals surface area contributed by atoms with E-state index in [4.69, 9.17) is 4.74 Å². The number of para-hydroxylation sites is 1. The summed E-state index contributed by atoms with van der Waals surface area (Å²) < 4.78 is 7.16. The summed E-state index contributed by atoms with van der Waals surface area (Å²) in [5.41, 5.74) is 3.44. The number of nitrogens with one attached hydrogen (secondary N) is 1. The highest BCUT2D eigenvalue weighted by atomic mass is 16.5. The van der Waals surface area contributed by atoms with Gasteiger partial charge in [0.15, 0.2) is 5.65 Å². The second kappa shape index (κ2) is 10.3. The summed E-state index contributed by atoms with van der Waals surface area (Å²) in [6.07, 6.45) is 2.18. The topological polar surface area (TPSA) is 96.3 Å². The molecule has 4 aromatic rings. The van der Waals surface area contributed by atoms with Crippen molar-refractivity contribution < 1.29 is 9.53 Å². The van der Waals surface area contributed by atoms with E-state index in [1.54, 1.807) is 11.8 Å². The first-order valence-electron chi connectivity index (χ1n) is 12.2. The second-order valence-electron chi connectivity index (χ2n) is 9.11. The molecule has 36 heavy (non-hydrogen) atoms. The number of H-pyrrole nitrogens is 1. The zero-order valence-electron chi connectivity index (χ0n) is 20.6. The van der Waals surface area contributed by atoms with Crippen LogP contribution in [0.2, 0.25) is 0 Å². The van der Waals surface area contributed by atoms with Gasteiger partial charge in [-0.2, -0.15) is 5.10 Å². The van der Waals surface area contributed by atoms with Crippen LogP contribution in [0.4, 0.5) is 0 Å². The molecule has 0 bridgehead atoms. The zero-order chi connectivity index (χ0) is 25.1. The fourth-order valence-electron chi connectivity index (χ4n) is 4.65. The molecule has 5 rings (SSSR count). The molecular weight excluding hydrogens is 456 g/mol. The smallest absolute Gasteiger partial charge is 0.262 e. The molecule has 1 amide bonds. The summed E-state index contributed by atoms with van der Waals surface area (Å²) in [5, 5.41) is 4.76. The quantitative estimate of drug-likeness (QED) is 0.432. The first kappa shape index (κ1) is 23.7. The monoisotopic (exact) mass is 486 g/mol. The number of hydrogen-bond acceptors (Lipinski definition) is 6. The summed E-state index contributed by atoms with van der Waals surface area (Å²) in [6.45, 7) is 5.84. The molecule has 1 N–H and O–H groups in total. The molecule has 0 unspecified atom stereocenters. The molecule has 186 valence electrons. The Hall–Kier alpha value is -3.98. The van der Waals surface area contributed by atoms with E-state index in [1.165, 1.54) is 11.8 Å². The maximum atomic E-state index is 12.9. The lowest BCUT2D eigenvalue weighted by atomic mass is 10.1. The molecule has 0 saturated carbocycles. The van der Waals surface area contributed by atoms with Gasteiger partial charge in [0, 0.05) is 51.1 Å². The first-order valence-corrected chi connectivity index (χ1v) is 12.2. The summed E-state index contributed by atoms with van der Waals surface area (Å²) in [7, 11) is 1.69. The third kappa shape index (κ3) is 5.01. The second-order valence-corrected chi connectivity index (χ2v) is 9.11. The molecule has 2 aromatic carbocycles. The van der Waals surface area contributed by atoms with Crippen LogP contribution in [0.5, 0.6) is 5.75 Å². The van der Waals surface area contributed by atoms with Gasteiger partial charge in [-0.05, 0) is 25.1 Å². The van der Waals surface area contributed by atoms with Gasteiger partial charge in [0.25, 0.3) is 5.56 Å². The van der Waals surface area contributed by atoms with E-state index in [2.05, 4.69) is 33.0 Å². The predicted molar refractivity (Wildman–Crippen MR) is 137 cm³/mol. The van der Waals surface area contributed by atoms with E-state index in [0.29, 0.717) is 42.8 Å². The molecule has 9 nitrogen and oxygen atoms in total. The van der Waals surface area contributed by atoms with E-state index in [-0.39, 0.29) is 11.5 Å². The largest absolute Gasteiger partial charge is 0.496 e. The van der Waals surface area contributed by atoms with Gasteiger partial charge in [0.2, 0.25) is 5.91 Å². The molecule has 3 heterocycles. The minimum atomic E-state index is -0.246. The number of carbonyl (C=O) groups excluding carboxylic acids is 1. The number of aromatic nitrogens is 4. The molecule has 0 atom stereocenters. The van der Waals surface area contributed by atoms with Crippen molar-refractivity contribution in [2.45, 2.75) is 26.3 Å². The number of hydrogen-bond donors (Lipinski definition) is 1. The molecule has 2 aromatic heterocycles. The van der Waals surface area contributed by atoms with Gasteiger partial charge < -0.3 is 14.6 Å². The van der Waals surface area contributed by atoms with Crippen LogP contribution >= 0.6 is 0 Å². The van der Waals surface area contributed by atoms with Gasteiger partial charge in [0.05, 0.1) is 19.0 Å². The Balaban J connectivity index is 1.20.